The molecular weight excluding hydrogens is 336 g/mol. The summed E-state index contributed by atoms with van der Waals surface area (Å²) in [6.45, 7) is 2.16. The summed E-state index contributed by atoms with van der Waals surface area (Å²) in [7, 11) is 0. The molecule has 0 radical (unpaired) electrons. The second-order valence-corrected chi connectivity index (χ2v) is 6.09. The highest BCUT2D eigenvalue weighted by Crippen LogP contribution is 2.19. The van der Waals surface area contributed by atoms with E-state index in [1.54, 1.807) is 24.3 Å². The molecule has 8 heteroatoms. The van der Waals surface area contributed by atoms with Crippen molar-refractivity contribution in [3.05, 3.63) is 30.2 Å². The topological polar surface area (TPSA) is 131 Å². The molecule has 26 heavy (non-hydrogen) atoms. The molecule has 1 heterocycles. The normalized spacial score (nSPS) is 11.9. The third-order valence-electron chi connectivity index (χ3n) is 3.85. The Hall–Kier alpha value is -2.74. The highest BCUT2D eigenvalue weighted by Gasteiger charge is 2.17. The average molecular weight is 360 g/mol. The van der Waals surface area contributed by atoms with Crippen molar-refractivity contribution in [3.63, 3.8) is 0 Å². The van der Waals surface area contributed by atoms with Gasteiger partial charge in [-0.3, -0.25) is 9.59 Å². The van der Waals surface area contributed by atoms with E-state index in [0.717, 1.165) is 24.8 Å². The number of unbranched alkanes of at least 4 members (excludes halogenated alkanes) is 3. The predicted molar refractivity (Wildman–Crippen MR) is 96.4 cm³/mol. The molecule has 0 aliphatic rings. The Bertz CT molecular complexity index is 727. The number of nitrogens with one attached hydrogen (secondary N) is 1. The van der Waals surface area contributed by atoms with Gasteiger partial charge in [0, 0.05) is 17.7 Å². The van der Waals surface area contributed by atoms with E-state index in [-0.39, 0.29) is 0 Å². The molecule has 0 unspecified atom stereocenters. The van der Waals surface area contributed by atoms with Gasteiger partial charge in [-0.1, -0.05) is 31.3 Å². The van der Waals surface area contributed by atoms with Gasteiger partial charge in [0.1, 0.15) is 0 Å². The number of hydrogen-bond donors (Lipinski definition) is 3. The minimum absolute atomic E-state index is 0.423. The van der Waals surface area contributed by atoms with Crippen LogP contribution < -0.4 is 11.1 Å². The Morgan fingerprint density at radius 1 is 1.23 bits per heavy atom. The van der Waals surface area contributed by atoms with Gasteiger partial charge in [-0.15, -0.1) is 0 Å². The fraction of sp³-hybridized carbons (Fsp3) is 0.444. The van der Waals surface area contributed by atoms with Crippen LogP contribution in [0, 0.1) is 0 Å². The van der Waals surface area contributed by atoms with Crippen LogP contribution in [0.1, 0.15) is 44.9 Å². The second kappa shape index (κ2) is 9.67. The Kier molecular flexibility index (Phi) is 7.28. The van der Waals surface area contributed by atoms with Gasteiger partial charge in [0.05, 0.1) is 12.5 Å². The molecule has 140 valence electrons. The van der Waals surface area contributed by atoms with E-state index in [9.17, 15) is 9.59 Å². The lowest BCUT2D eigenvalue weighted by Gasteiger charge is -2.10. The number of hydrogen-bond acceptors (Lipinski definition) is 6. The molecule has 8 nitrogen and oxygen atoms in total. The van der Waals surface area contributed by atoms with Crippen molar-refractivity contribution in [1.29, 1.82) is 0 Å². The molecule has 0 fully saturated rings. The van der Waals surface area contributed by atoms with Gasteiger partial charge in [-0.2, -0.15) is 4.98 Å². The van der Waals surface area contributed by atoms with Crippen LogP contribution in [0.3, 0.4) is 0 Å². The standard InChI is InChI=1S/C18H24N4O4/c1-2-3-4-5-6-15-21-17(22-26-15)12-7-9-13(10-8-12)20-18(25)14(19)11-16(23)24/h7-10,14H,2-6,11,19H2,1H3,(H,20,25)(H,23,24)/t14-/m0/s1. The van der Waals surface area contributed by atoms with Gasteiger partial charge >= 0.3 is 5.97 Å². The van der Waals surface area contributed by atoms with E-state index in [1.807, 2.05) is 0 Å². The molecule has 0 saturated carbocycles. The van der Waals surface area contributed by atoms with Crippen molar-refractivity contribution in [2.45, 2.75) is 51.5 Å². The summed E-state index contributed by atoms with van der Waals surface area (Å²) in [5.74, 6) is -0.552. The number of anilines is 1. The summed E-state index contributed by atoms with van der Waals surface area (Å²) < 4.78 is 5.26. The first kappa shape index (κ1) is 19.6. The minimum atomic E-state index is -1.12. The molecule has 1 aromatic heterocycles. The van der Waals surface area contributed by atoms with E-state index in [0.29, 0.717) is 17.4 Å². The number of rotatable bonds is 10. The fourth-order valence-electron chi connectivity index (χ4n) is 2.40. The fourth-order valence-corrected chi connectivity index (χ4v) is 2.40. The molecule has 0 aliphatic heterocycles. The SMILES string of the molecule is CCCCCCc1nc(-c2ccc(NC(=O)[C@@H](N)CC(=O)O)cc2)no1. The molecular formula is C18H24N4O4. The Morgan fingerprint density at radius 3 is 2.62 bits per heavy atom. The van der Waals surface area contributed by atoms with Gasteiger partial charge in [0.25, 0.3) is 0 Å². The summed E-state index contributed by atoms with van der Waals surface area (Å²) in [5.41, 5.74) is 6.80. The van der Waals surface area contributed by atoms with Crippen LogP contribution in [0.5, 0.6) is 0 Å². The number of benzene rings is 1. The third-order valence-corrected chi connectivity index (χ3v) is 3.85. The number of aliphatic carboxylic acids is 1. The first-order valence-electron chi connectivity index (χ1n) is 8.71. The smallest absolute Gasteiger partial charge is 0.305 e. The Morgan fingerprint density at radius 2 is 1.96 bits per heavy atom. The second-order valence-electron chi connectivity index (χ2n) is 6.09. The molecule has 2 aromatic rings. The van der Waals surface area contributed by atoms with Gasteiger partial charge in [-0.25, -0.2) is 0 Å². The number of nitrogens with zero attached hydrogens (tertiary/aromatic N) is 2. The molecule has 0 spiro atoms. The molecule has 2 rings (SSSR count). The average Bonchev–Trinajstić information content (AvgIpc) is 3.07. The first-order chi connectivity index (χ1) is 12.5. The van der Waals surface area contributed by atoms with E-state index < -0.39 is 24.3 Å². The van der Waals surface area contributed by atoms with Crippen molar-refractivity contribution < 1.29 is 19.2 Å². The van der Waals surface area contributed by atoms with Gasteiger partial charge in [0.2, 0.25) is 17.6 Å². The molecule has 0 saturated heterocycles. The van der Waals surface area contributed by atoms with Gasteiger partial charge in [-0.05, 0) is 30.7 Å². The lowest BCUT2D eigenvalue weighted by atomic mass is 10.1. The zero-order valence-electron chi connectivity index (χ0n) is 14.8. The maximum absolute atomic E-state index is 11.8. The number of carbonyl (C=O) groups excluding carboxylic acids is 1. The summed E-state index contributed by atoms with van der Waals surface area (Å²) in [5, 5.41) is 15.2. The van der Waals surface area contributed by atoms with Crippen molar-refractivity contribution in [3.8, 4) is 11.4 Å². The molecule has 1 amide bonds. The molecule has 1 aromatic carbocycles. The summed E-state index contributed by atoms with van der Waals surface area (Å²) >= 11 is 0. The number of aromatic nitrogens is 2. The zero-order valence-corrected chi connectivity index (χ0v) is 14.8. The molecule has 1 atom stereocenters. The van der Waals surface area contributed by atoms with Crippen molar-refractivity contribution in [1.82, 2.24) is 10.1 Å². The van der Waals surface area contributed by atoms with Crippen LogP contribution in [0.2, 0.25) is 0 Å². The van der Waals surface area contributed by atoms with E-state index in [1.165, 1.54) is 12.8 Å². The number of amides is 1. The maximum Gasteiger partial charge on any atom is 0.305 e. The largest absolute Gasteiger partial charge is 0.481 e. The van der Waals surface area contributed by atoms with Crippen LogP contribution in [-0.2, 0) is 16.0 Å². The van der Waals surface area contributed by atoms with Gasteiger partial charge < -0.3 is 20.7 Å². The van der Waals surface area contributed by atoms with Crippen LogP contribution in [0.25, 0.3) is 11.4 Å². The molecule has 4 N–H and O–H groups in total. The molecule has 0 aliphatic carbocycles. The minimum Gasteiger partial charge on any atom is -0.481 e. The monoisotopic (exact) mass is 360 g/mol. The number of aryl methyl sites for hydroxylation is 1. The Balaban J connectivity index is 1.92. The Labute approximate surface area is 151 Å². The van der Waals surface area contributed by atoms with Crippen LogP contribution in [-0.4, -0.2) is 33.2 Å². The first-order valence-corrected chi connectivity index (χ1v) is 8.71. The quantitative estimate of drug-likeness (QED) is 0.555. The summed E-state index contributed by atoms with van der Waals surface area (Å²) in [4.78, 5) is 26.8. The van der Waals surface area contributed by atoms with Crippen LogP contribution >= 0.6 is 0 Å². The van der Waals surface area contributed by atoms with E-state index in [4.69, 9.17) is 15.4 Å². The number of carboxylic acid groups (broad SMARTS) is 1. The third kappa shape index (κ3) is 5.96. The summed E-state index contributed by atoms with van der Waals surface area (Å²) in [6, 6.07) is 5.77. The van der Waals surface area contributed by atoms with Crippen molar-refractivity contribution in [2.24, 2.45) is 5.73 Å². The van der Waals surface area contributed by atoms with Gasteiger partial charge in [0.15, 0.2) is 0 Å². The molecule has 0 bridgehead atoms. The zero-order chi connectivity index (χ0) is 18.9. The highest BCUT2D eigenvalue weighted by molar-refractivity contribution is 5.96. The van der Waals surface area contributed by atoms with Crippen molar-refractivity contribution >= 4 is 17.6 Å². The van der Waals surface area contributed by atoms with E-state index in [2.05, 4.69) is 22.4 Å². The maximum atomic E-state index is 11.8. The lowest BCUT2D eigenvalue weighted by Crippen LogP contribution is -2.37. The highest BCUT2D eigenvalue weighted by atomic mass is 16.5. The van der Waals surface area contributed by atoms with Crippen molar-refractivity contribution in [2.75, 3.05) is 5.32 Å². The number of carbonyl (C=O) groups is 2. The van der Waals surface area contributed by atoms with Crippen LogP contribution in [0.15, 0.2) is 28.8 Å². The number of nitrogens with two attached hydrogens (primary N) is 1. The predicted octanol–water partition coefficient (Wildman–Crippen LogP) is 2.60. The van der Waals surface area contributed by atoms with Crippen LogP contribution in [0.4, 0.5) is 5.69 Å². The van der Waals surface area contributed by atoms with E-state index >= 15 is 0 Å². The lowest BCUT2D eigenvalue weighted by molar-refractivity contribution is -0.138. The number of carboxylic acids is 1. The summed E-state index contributed by atoms with van der Waals surface area (Å²) in [6.07, 6.45) is 4.89.